The van der Waals surface area contributed by atoms with Crippen LogP contribution in [0.25, 0.3) is 0 Å². The van der Waals surface area contributed by atoms with Gasteiger partial charge in [-0.3, -0.25) is 23.5 Å². The molecule has 5 N–H and O–H groups in total. The zero-order chi connectivity index (χ0) is 38.7. The summed E-state index contributed by atoms with van der Waals surface area (Å²) in [7, 11) is 0.169. The van der Waals surface area contributed by atoms with Crippen LogP contribution in [0, 0.1) is 5.92 Å². The monoisotopic (exact) mass is 819 g/mol. The number of nitrogens with zero attached hydrogens (tertiary/aromatic N) is 2. The van der Waals surface area contributed by atoms with Crippen LogP contribution in [0.4, 0.5) is 5.69 Å². The minimum absolute atomic E-state index is 0.0701. The predicted molar refractivity (Wildman–Crippen MR) is 210 cm³/mol. The summed E-state index contributed by atoms with van der Waals surface area (Å²) in [6.45, 7) is 9.64. The van der Waals surface area contributed by atoms with Gasteiger partial charge in [-0.25, -0.2) is 0 Å². The minimum atomic E-state index is -3.96. The number of anilines is 1. The topological polar surface area (TPSA) is 169 Å². The number of hydrogen-bond donors (Lipinski definition) is 5. The van der Waals surface area contributed by atoms with Crippen LogP contribution in [0.1, 0.15) is 71.8 Å². The molecule has 0 aliphatic carbocycles. The van der Waals surface area contributed by atoms with Crippen LogP contribution in [0.2, 0.25) is 0 Å². The highest BCUT2D eigenvalue weighted by molar-refractivity contribution is 9.11. The molecule has 1 aromatic heterocycles. The number of carbonyl (C=O) groups excluding carboxylic acids is 4. The Morgan fingerprint density at radius 1 is 0.827 bits per heavy atom. The molecule has 0 saturated carbocycles. The van der Waals surface area contributed by atoms with E-state index in [1.54, 1.807) is 6.92 Å². The second kappa shape index (κ2) is 19.3. The van der Waals surface area contributed by atoms with E-state index in [1.807, 2.05) is 70.2 Å². The van der Waals surface area contributed by atoms with Crippen molar-refractivity contribution in [2.75, 3.05) is 38.5 Å². The Bertz CT molecular complexity index is 1800. The quantitative estimate of drug-likeness (QED) is 0.130. The van der Waals surface area contributed by atoms with E-state index in [4.69, 9.17) is 0 Å². The standard InChI is InChI=1S/C36H50BrN7O6S2/c1-9-38-36(48)32(22(2)3)42-33(45)24(5)39-21-28(20-30-15-16-31(37)51-30)41-35(47)27-17-26(18-29(19-27)44(8)52(49,50)43(6)7)34(46)40-23(4)25-13-11-10-12-14-25/h10-19,22-24,28,32,39H,9,20-21H2,1-8H3,(H,38,48)(H,40,46)(H,41,47)(H,42,45)/t23-,24+,28+,32+/m1/s1. The summed E-state index contributed by atoms with van der Waals surface area (Å²) in [5.41, 5.74) is 1.16. The van der Waals surface area contributed by atoms with Gasteiger partial charge in [0.25, 0.3) is 11.8 Å². The van der Waals surface area contributed by atoms with E-state index in [-0.39, 0.29) is 47.1 Å². The first-order valence-electron chi connectivity index (χ1n) is 17.0. The van der Waals surface area contributed by atoms with Crippen molar-refractivity contribution in [3.8, 4) is 0 Å². The Morgan fingerprint density at radius 3 is 1.98 bits per heavy atom. The molecule has 284 valence electrons. The Hall–Kier alpha value is -3.83. The average molecular weight is 821 g/mol. The zero-order valence-electron chi connectivity index (χ0n) is 30.8. The fraction of sp³-hybridized carbons (Fsp3) is 0.444. The lowest BCUT2D eigenvalue weighted by Gasteiger charge is -2.26. The van der Waals surface area contributed by atoms with E-state index >= 15 is 0 Å². The molecule has 13 nitrogen and oxygen atoms in total. The fourth-order valence-corrected chi connectivity index (χ4v) is 7.62. The van der Waals surface area contributed by atoms with E-state index in [0.717, 1.165) is 22.8 Å². The van der Waals surface area contributed by atoms with Gasteiger partial charge in [0.05, 0.1) is 21.6 Å². The summed E-state index contributed by atoms with van der Waals surface area (Å²) in [5, 5.41) is 14.7. The van der Waals surface area contributed by atoms with Crippen molar-refractivity contribution in [1.82, 2.24) is 30.9 Å². The largest absolute Gasteiger partial charge is 0.355 e. The van der Waals surface area contributed by atoms with Crippen molar-refractivity contribution in [1.29, 1.82) is 0 Å². The predicted octanol–water partition coefficient (Wildman–Crippen LogP) is 3.84. The third-order valence-electron chi connectivity index (χ3n) is 8.33. The maximum Gasteiger partial charge on any atom is 0.303 e. The van der Waals surface area contributed by atoms with Crippen LogP contribution in [-0.2, 0) is 26.2 Å². The van der Waals surface area contributed by atoms with E-state index in [9.17, 15) is 27.6 Å². The lowest BCUT2D eigenvalue weighted by Crippen LogP contribution is -2.55. The first kappa shape index (κ1) is 42.6. The summed E-state index contributed by atoms with van der Waals surface area (Å²) in [5.74, 6) is -1.80. The summed E-state index contributed by atoms with van der Waals surface area (Å²) in [4.78, 5) is 54.2. The minimum Gasteiger partial charge on any atom is -0.355 e. The molecule has 0 unspecified atom stereocenters. The second-order valence-electron chi connectivity index (χ2n) is 13.0. The molecule has 3 rings (SSSR count). The molecule has 16 heteroatoms. The van der Waals surface area contributed by atoms with Crippen LogP contribution in [0.15, 0.2) is 64.5 Å². The molecule has 4 amide bonds. The number of rotatable bonds is 18. The first-order chi connectivity index (χ1) is 24.4. The van der Waals surface area contributed by atoms with Gasteiger partial charge in [0.1, 0.15) is 6.04 Å². The number of nitrogens with one attached hydrogen (secondary N) is 5. The molecule has 0 aliphatic rings. The summed E-state index contributed by atoms with van der Waals surface area (Å²) in [6.07, 6.45) is 0.410. The summed E-state index contributed by atoms with van der Waals surface area (Å²) < 4.78 is 29.2. The molecule has 0 bridgehead atoms. The molecule has 52 heavy (non-hydrogen) atoms. The third kappa shape index (κ3) is 11.8. The van der Waals surface area contributed by atoms with Crippen LogP contribution >= 0.6 is 27.3 Å². The number of likely N-dealkylation sites (N-methyl/N-ethyl adjacent to an activating group) is 1. The Labute approximate surface area is 319 Å². The van der Waals surface area contributed by atoms with Gasteiger partial charge in [0.2, 0.25) is 11.8 Å². The first-order valence-corrected chi connectivity index (χ1v) is 20.0. The summed E-state index contributed by atoms with van der Waals surface area (Å²) in [6, 6.07) is 15.2. The highest BCUT2D eigenvalue weighted by Gasteiger charge is 2.28. The van der Waals surface area contributed by atoms with Crippen molar-refractivity contribution >= 4 is 66.8 Å². The second-order valence-corrected chi connectivity index (χ2v) is 17.7. The fourth-order valence-electron chi connectivity index (χ4n) is 5.19. The van der Waals surface area contributed by atoms with Gasteiger partial charge in [-0.15, -0.1) is 11.3 Å². The van der Waals surface area contributed by atoms with Crippen molar-refractivity contribution in [3.63, 3.8) is 0 Å². The number of hydrogen-bond acceptors (Lipinski definition) is 8. The van der Waals surface area contributed by atoms with Crippen molar-refractivity contribution in [2.45, 2.75) is 65.2 Å². The van der Waals surface area contributed by atoms with E-state index in [1.165, 1.54) is 50.7 Å². The van der Waals surface area contributed by atoms with E-state index in [0.29, 0.717) is 13.0 Å². The van der Waals surface area contributed by atoms with Gasteiger partial charge in [0.15, 0.2) is 0 Å². The maximum absolute atomic E-state index is 14.0. The normalized spacial score (nSPS) is 13.9. The van der Waals surface area contributed by atoms with Crippen LogP contribution < -0.4 is 30.9 Å². The van der Waals surface area contributed by atoms with Crippen LogP contribution in [-0.4, -0.2) is 88.7 Å². The zero-order valence-corrected chi connectivity index (χ0v) is 34.0. The molecule has 0 spiro atoms. The van der Waals surface area contributed by atoms with Crippen LogP contribution in [0.3, 0.4) is 0 Å². The molecule has 1 heterocycles. The number of benzene rings is 2. The van der Waals surface area contributed by atoms with Gasteiger partial charge in [-0.2, -0.15) is 12.7 Å². The Morgan fingerprint density at radius 2 is 1.44 bits per heavy atom. The molecule has 4 atom stereocenters. The Balaban J connectivity index is 1.90. The van der Waals surface area contributed by atoms with Gasteiger partial charge in [-0.1, -0.05) is 44.2 Å². The molecule has 3 aromatic rings. The lowest BCUT2D eigenvalue weighted by atomic mass is 10.0. The van der Waals surface area contributed by atoms with E-state index < -0.39 is 40.1 Å². The third-order valence-corrected chi connectivity index (χ3v) is 11.8. The number of amides is 4. The molecule has 0 aliphatic heterocycles. The summed E-state index contributed by atoms with van der Waals surface area (Å²) >= 11 is 4.99. The number of halogens is 1. The molecule has 2 aromatic carbocycles. The number of carbonyl (C=O) groups is 4. The van der Waals surface area contributed by atoms with Crippen LogP contribution in [0.5, 0.6) is 0 Å². The highest BCUT2D eigenvalue weighted by atomic mass is 79.9. The average Bonchev–Trinajstić information content (AvgIpc) is 3.52. The van der Waals surface area contributed by atoms with Gasteiger partial charge in [0, 0.05) is 62.7 Å². The van der Waals surface area contributed by atoms with E-state index in [2.05, 4.69) is 42.5 Å². The van der Waals surface area contributed by atoms with Gasteiger partial charge >= 0.3 is 10.2 Å². The molecular weight excluding hydrogens is 770 g/mol. The van der Waals surface area contributed by atoms with Crippen molar-refractivity contribution in [2.24, 2.45) is 5.92 Å². The van der Waals surface area contributed by atoms with Crippen molar-refractivity contribution < 1.29 is 27.6 Å². The van der Waals surface area contributed by atoms with Gasteiger partial charge < -0.3 is 26.6 Å². The SMILES string of the molecule is CCNC(=O)[C@@H](NC(=O)[C@H](C)NC[C@H](Cc1ccc(Br)s1)NC(=O)c1cc(C(=O)N[C@H](C)c2ccccc2)cc(N(C)S(=O)(=O)N(C)C)c1)C(C)C. The smallest absolute Gasteiger partial charge is 0.303 e. The molecule has 0 fully saturated rings. The highest BCUT2D eigenvalue weighted by Crippen LogP contribution is 2.25. The van der Waals surface area contributed by atoms with Gasteiger partial charge in [-0.05, 0) is 78.5 Å². The Kier molecular flexibility index (Phi) is 15.8. The molecule has 0 radical (unpaired) electrons. The number of thiophene rings is 1. The lowest BCUT2D eigenvalue weighted by molar-refractivity contribution is -0.130. The molecular formula is C36H50BrN7O6S2. The van der Waals surface area contributed by atoms with Crippen molar-refractivity contribution in [3.05, 3.63) is 86.0 Å². The maximum atomic E-state index is 14.0. The molecule has 0 saturated heterocycles.